The summed E-state index contributed by atoms with van der Waals surface area (Å²) >= 11 is 1.43. The molecule has 1 atom stereocenters. The van der Waals surface area contributed by atoms with Crippen molar-refractivity contribution in [2.75, 3.05) is 13.7 Å². The minimum Gasteiger partial charge on any atom is -0.467 e. The van der Waals surface area contributed by atoms with Gasteiger partial charge < -0.3 is 14.8 Å². The average molecular weight is 408 g/mol. The molecule has 0 aliphatic heterocycles. The fraction of sp³-hybridized carbons (Fsp3) is 0.227. The quantitative estimate of drug-likeness (QED) is 0.629. The predicted octanol–water partition coefficient (Wildman–Crippen LogP) is 3.77. The van der Waals surface area contributed by atoms with E-state index < -0.39 is 18.1 Å². The molecule has 0 saturated carbocycles. The number of nitrogens with zero attached hydrogens (tertiary/aromatic N) is 1. The fourth-order valence-corrected chi connectivity index (χ4v) is 4.24. The van der Waals surface area contributed by atoms with Gasteiger partial charge in [-0.1, -0.05) is 48.5 Å². The van der Waals surface area contributed by atoms with Crippen LogP contribution in [0.3, 0.4) is 0 Å². The van der Waals surface area contributed by atoms with E-state index in [4.69, 9.17) is 9.47 Å². The van der Waals surface area contributed by atoms with Crippen molar-refractivity contribution >= 4 is 23.4 Å². The minimum absolute atomic E-state index is 0.0386. The van der Waals surface area contributed by atoms with Crippen molar-refractivity contribution in [3.05, 3.63) is 76.2 Å². The molecule has 3 aromatic rings. The van der Waals surface area contributed by atoms with E-state index in [2.05, 4.69) is 34.6 Å². The lowest BCUT2D eigenvalue weighted by molar-refractivity contribution is -0.143. The molecular weight excluding hydrogens is 388 g/mol. The highest BCUT2D eigenvalue weighted by atomic mass is 32.1. The van der Waals surface area contributed by atoms with Gasteiger partial charge in [-0.2, -0.15) is 0 Å². The summed E-state index contributed by atoms with van der Waals surface area (Å²) in [6.45, 7) is 0.185. The van der Waals surface area contributed by atoms with E-state index in [1.165, 1.54) is 18.4 Å². The summed E-state index contributed by atoms with van der Waals surface area (Å²) in [6, 6.07) is 15.4. The molecule has 2 aromatic carbocycles. The number of nitrogens with one attached hydrogen (secondary N) is 1. The van der Waals surface area contributed by atoms with Gasteiger partial charge in [0.05, 0.1) is 18.3 Å². The number of aromatic nitrogens is 1. The summed E-state index contributed by atoms with van der Waals surface area (Å²) in [5.74, 6) is -0.574. The Hall–Kier alpha value is -3.19. The van der Waals surface area contributed by atoms with Gasteiger partial charge in [-0.05, 0) is 22.3 Å². The van der Waals surface area contributed by atoms with Gasteiger partial charge in [0.1, 0.15) is 12.6 Å². The highest BCUT2D eigenvalue weighted by Crippen LogP contribution is 2.44. The molecule has 7 heteroatoms. The summed E-state index contributed by atoms with van der Waals surface area (Å²) in [4.78, 5) is 28.6. The zero-order valence-corrected chi connectivity index (χ0v) is 16.6. The molecule has 1 aliphatic rings. The lowest BCUT2D eigenvalue weighted by atomic mass is 9.98. The standard InChI is InChI=1S/C22H20N2O4S/c1-27-21(25)20(10-14-12-29-13-23-14)24-22(26)28-11-19-17-8-4-2-6-15(17)16-7-3-5-9-18(16)19/h2-9,12-13,19-20H,10-11H2,1H3,(H,24,26)/t20-/m1/s1. The SMILES string of the molecule is COC(=O)[C@@H](Cc1cscn1)NC(=O)OCC1c2ccccc2-c2ccccc21. The molecule has 0 fully saturated rings. The second kappa shape index (κ2) is 8.45. The van der Waals surface area contributed by atoms with Crippen molar-refractivity contribution in [1.82, 2.24) is 10.3 Å². The highest BCUT2D eigenvalue weighted by Gasteiger charge is 2.30. The normalized spacial score (nSPS) is 13.3. The molecule has 29 heavy (non-hydrogen) atoms. The number of carbonyl (C=O) groups excluding carboxylic acids is 2. The van der Waals surface area contributed by atoms with Gasteiger partial charge in [0, 0.05) is 17.7 Å². The topological polar surface area (TPSA) is 77.5 Å². The smallest absolute Gasteiger partial charge is 0.407 e. The van der Waals surface area contributed by atoms with Crippen molar-refractivity contribution < 1.29 is 19.1 Å². The van der Waals surface area contributed by atoms with Crippen molar-refractivity contribution in [1.29, 1.82) is 0 Å². The van der Waals surface area contributed by atoms with Crippen molar-refractivity contribution in [2.45, 2.75) is 18.4 Å². The lowest BCUT2D eigenvalue weighted by Crippen LogP contribution is -2.43. The van der Waals surface area contributed by atoms with Crippen LogP contribution in [0.5, 0.6) is 0 Å². The van der Waals surface area contributed by atoms with Gasteiger partial charge in [0.25, 0.3) is 0 Å². The summed E-state index contributed by atoms with van der Waals surface area (Å²) in [5, 5.41) is 4.44. The zero-order chi connectivity index (χ0) is 20.2. The molecule has 1 aliphatic carbocycles. The molecule has 148 valence electrons. The number of alkyl carbamates (subject to hydrolysis) is 1. The van der Waals surface area contributed by atoms with Gasteiger partial charge in [-0.25, -0.2) is 14.6 Å². The van der Waals surface area contributed by atoms with Gasteiger partial charge >= 0.3 is 12.1 Å². The Morgan fingerprint density at radius 1 is 1.10 bits per heavy atom. The van der Waals surface area contributed by atoms with Crippen molar-refractivity contribution in [3.63, 3.8) is 0 Å². The lowest BCUT2D eigenvalue weighted by Gasteiger charge is -2.18. The van der Waals surface area contributed by atoms with E-state index >= 15 is 0 Å². The molecule has 6 nitrogen and oxygen atoms in total. The number of benzene rings is 2. The van der Waals surface area contributed by atoms with Crippen LogP contribution in [0.1, 0.15) is 22.7 Å². The van der Waals surface area contributed by atoms with Gasteiger partial charge in [-0.3, -0.25) is 0 Å². The minimum atomic E-state index is -0.849. The monoisotopic (exact) mass is 408 g/mol. The number of ether oxygens (including phenoxy) is 2. The van der Waals surface area contributed by atoms with Crippen LogP contribution in [0.25, 0.3) is 11.1 Å². The van der Waals surface area contributed by atoms with Crippen LogP contribution < -0.4 is 5.32 Å². The van der Waals surface area contributed by atoms with E-state index in [1.807, 2.05) is 29.6 Å². The number of methoxy groups -OCH3 is 1. The molecule has 1 aromatic heterocycles. The van der Waals surface area contributed by atoms with E-state index in [0.717, 1.165) is 22.3 Å². The Kier molecular flexibility index (Phi) is 5.57. The second-order valence-electron chi connectivity index (χ2n) is 6.73. The Labute approximate surface area is 172 Å². The number of amides is 1. The Morgan fingerprint density at radius 3 is 2.34 bits per heavy atom. The highest BCUT2D eigenvalue weighted by molar-refractivity contribution is 7.07. The van der Waals surface area contributed by atoms with Crippen LogP contribution in [-0.4, -0.2) is 36.8 Å². The second-order valence-corrected chi connectivity index (χ2v) is 7.45. The van der Waals surface area contributed by atoms with Crippen LogP contribution in [0.15, 0.2) is 59.4 Å². The molecule has 0 radical (unpaired) electrons. The zero-order valence-electron chi connectivity index (χ0n) is 15.8. The molecule has 0 bridgehead atoms. The maximum atomic E-state index is 12.4. The number of rotatable bonds is 6. The van der Waals surface area contributed by atoms with Crippen LogP contribution in [-0.2, 0) is 20.7 Å². The first kappa shape index (κ1) is 19.1. The number of hydrogen-bond donors (Lipinski definition) is 1. The molecule has 1 amide bonds. The van der Waals surface area contributed by atoms with Gasteiger partial charge in [0.15, 0.2) is 0 Å². The molecule has 0 saturated heterocycles. The van der Waals surface area contributed by atoms with Crippen LogP contribution >= 0.6 is 11.3 Å². The van der Waals surface area contributed by atoms with Gasteiger partial charge in [0.2, 0.25) is 0 Å². The third-order valence-electron chi connectivity index (χ3n) is 5.02. The summed E-state index contributed by atoms with van der Waals surface area (Å²) in [6.07, 6.45) is -0.405. The maximum Gasteiger partial charge on any atom is 0.407 e. The Balaban J connectivity index is 1.44. The largest absolute Gasteiger partial charge is 0.467 e. The number of hydrogen-bond acceptors (Lipinski definition) is 6. The summed E-state index contributed by atoms with van der Waals surface area (Å²) < 4.78 is 10.3. The number of carbonyl (C=O) groups is 2. The maximum absolute atomic E-state index is 12.4. The third-order valence-corrected chi connectivity index (χ3v) is 5.65. The fourth-order valence-electron chi connectivity index (χ4n) is 3.67. The average Bonchev–Trinajstić information content (AvgIpc) is 3.37. The van der Waals surface area contributed by atoms with Crippen molar-refractivity contribution in [3.8, 4) is 11.1 Å². The predicted molar refractivity (Wildman–Crippen MR) is 110 cm³/mol. The van der Waals surface area contributed by atoms with E-state index in [9.17, 15) is 9.59 Å². The third kappa shape index (κ3) is 4.00. The van der Waals surface area contributed by atoms with Crippen molar-refractivity contribution in [2.24, 2.45) is 0 Å². The molecular formula is C22H20N2O4S. The summed E-state index contributed by atoms with van der Waals surface area (Å²) in [5.41, 5.74) is 6.98. The molecule has 1 N–H and O–H groups in total. The molecule has 4 rings (SSSR count). The van der Waals surface area contributed by atoms with Crippen LogP contribution in [0.4, 0.5) is 4.79 Å². The molecule has 1 heterocycles. The Morgan fingerprint density at radius 2 is 1.76 bits per heavy atom. The number of fused-ring (bicyclic) bond motifs is 3. The summed E-state index contributed by atoms with van der Waals surface area (Å²) in [7, 11) is 1.29. The molecule has 0 unspecified atom stereocenters. The van der Waals surface area contributed by atoms with E-state index in [1.54, 1.807) is 5.51 Å². The Bertz CT molecular complexity index is 974. The molecule has 0 spiro atoms. The van der Waals surface area contributed by atoms with Gasteiger partial charge in [-0.15, -0.1) is 11.3 Å². The van der Waals surface area contributed by atoms with E-state index in [-0.39, 0.29) is 18.9 Å². The first-order valence-electron chi connectivity index (χ1n) is 9.23. The first-order chi connectivity index (χ1) is 14.2. The van der Waals surface area contributed by atoms with Crippen LogP contribution in [0, 0.1) is 0 Å². The van der Waals surface area contributed by atoms with Crippen LogP contribution in [0.2, 0.25) is 0 Å². The van der Waals surface area contributed by atoms with E-state index in [0.29, 0.717) is 5.69 Å². The number of esters is 1. The first-order valence-corrected chi connectivity index (χ1v) is 10.2. The number of thiazole rings is 1.